The summed E-state index contributed by atoms with van der Waals surface area (Å²) < 4.78 is 7.41. The van der Waals surface area contributed by atoms with Crippen molar-refractivity contribution in [3.63, 3.8) is 0 Å². The maximum absolute atomic E-state index is 5.69. The van der Waals surface area contributed by atoms with Crippen LogP contribution in [-0.4, -0.2) is 20.0 Å². The fourth-order valence-corrected chi connectivity index (χ4v) is 1.82. The van der Waals surface area contributed by atoms with Gasteiger partial charge in [-0.1, -0.05) is 23.4 Å². The van der Waals surface area contributed by atoms with Gasteiger partial charge in [-0.15, -0.1) is 5.10 Å². The molecule has 0 aliphatic rings. The molecule has 0 aliphatic heterocycles. The molecule has 0 spiro atoms. The predicted octanol–water partition coefficient (Wildman–Crippen LogP) is 2.61. The van der Waals surface area contributed by atoms with E-state index in [1.165, 1.54) is 0 Å². The monoisotopic (exact) mass is 281 g/mol. The first-order valence-electron chi connectivity index (χ1n) is 6.57. The highest BCUT2D eigenvalue weighted by molar-refractivity contribution is 5.39. The maximum atomic E-state index is 5.69. The summed E-state index contributed by atoms with van der Waals surface area (Å²) in [6, 6.07) is 13.4. The summed E-state index contributed by atoms with van der Waals surface area (Å²) in [5.41, 5.74) is 0.987. The summed E-state index contributed by atoms with van der Waals surface area (Å²) in [5, 5.41) is 10.9. The van der Waals surface area contributed by atoms with Crippen molar-refractivity contribution in [1.29, 1.82) is 0 Å². The summed E-state index contributed by atoms with van der Waals surface area (Å²) in [6.07, 6.45) is 3.41. The van der Waals surface area contributed by atoms with Gasteiger partial charge in [-0.05, 0) is 24.3 Å². The number of nitrogens with zero attached hydrogens (tertiary/aromatic N) is 4. The molecule has 0 bridgehead atoms. The molecule has 0 saturated carbocycles. The Bertz CT molecular complexity index is 694. The van der Waals surface area contributed by atoms with Gasteiger partial charge in [0, 0.05) is 7.05 Å². The highest BCUT2D eigenvalue weighted by Crippen LogP contribution is 2.20. The van der Waals surface area contributed by atoms with E-state index >= 15 is 0 Å². The van der Waals surface area contributed by atoms with Crippen LogP contribution >= 0.6 is 0 Å². The maximum Gasteiger partial charge on any atom is 0.145 e. The van der Waals surface area contributed by atoms with Gasteiger partial charge in [-0.25, -0.2) is 4.98 Å². The zero-order chi connectivity index (χ0) is 14.5. The quantitative estimate of drug-likeness (QED) is 0.778. The van der Waals surface area contributed by atoms with Crippen LogP contribution in [0.4, 0.5) is 5.82 Å². The number of benzene rings is 1. The van der Waals surface area contributed by atoms with Crippen molar-refractivity contribution in [2.45, 2.75) is 6.54 Å². The Morgan fingerprint density at radius 1 is 1.05 bits per heavy atom. The number of pyridine rings is 1. The van der Waals surface area contributed by atoms with Crippen LogP contribution in [0.5, 0.6) is 11.5 Å². The lowest BCUT2D eigenvalue weighted by Crippen LogP contribution is -2.06. The van der Waals surface area contributed by atoms with Gasteiger partial charge in [0.1, 0.15) is 17.3 Å². The summed E-state index contributed by atoms with van der Waals surface area (Å²) in [4.78, 5) is 4.32. The van der Waals surface area contributed by atoms with Gasteiger partial charge in [-0.3, -0.25) is 4.68 Å². The molecule has 21 heavy (non-hydrogen) atoms. The van der Waals surface area contributed by atoms with Crippen LogP contribution in [0.2, 0.25) is 0 Å². The minimum Gasteiger partial charge on any atom is -0.456 e. The summed E-state index contributed by atoms with van der Waals surface area (Å²) in [7, 11) is 1.86. The van der Waals surface area contributed by atoms with Crippen LogP contribution in [0.1, 0.15) is 5.69 Å². The Labute approximate surface area is 122 Å². The molecule has 1 N–H and O–H groups in total. The number of hydrogen-bond acceptors (Lipinski definition) is 5. The molecule has 106 valence electrons. The van der Waals surface area contributed by atoms with Crippen LogP contribution in [0.3, 0.4) is 0 Å². The average Bonchev–Trinajstić information content (AvgIpc) is 2.93. The number of para-hydroxylation sites is 1. The van der Waals surface area contributed by atoms with E-state index in [1.807, 2.05) is 49.5 Å². The van der Waals surface area contributed by atoms with Crippen molar-refractivity contribution in [3.8, 4) is 11.5 Å². The van der Waals surface area contributed by atoms with E-state index in [1.54, 1.807) is 17.1 Å². The van der Waals surface area contributed by atoms with Gasteiger partial charge in [0.15, 0.2) is 0 Å². The number of aryl methyl sites for hydroxylation is 1. The molecule has 0 unspecified atom stereocenters. The lowest BCUT2D eigenvalue weighted by molar-refractivity contribution is 0.480. The summed E-state index contributed by atoms with van der Waals surface area (Å²) >= 11 is 0. The highest BCUT2D eigenvalue weighted by Gasteiger charge is 2.01. The summed E-state index contributed by atoms with van der Waals surface area (Å²) in [5.74, 6) is 2.27. The average molecular weight is 281 g/mol. The van der Waals surface area contributed by atoms with Crippen molar-refractivity contribution in [2.75, 3.05) is 5.32 Å². The zero-order valence-corrected chi connectivity index (χ0v) is 11.6. The SMILES string of the molecule is Cn1nncc1CNc1ccc(Oc2ccccc2)cn1. The van der Waals surface area contributed by atoms with Crippen LogP contribution in [-0.2, 0) is 13.6 Å². The molecule has 3 rings (SSSR count). The third-order valence-electron chi connectivity index (χ3n) is 2.97. The molecule has 0 amide bonds. The molecule has 1 aromatic carbocycles. The number of anilines is 1. The molecule has 3 aromatic rings. The first kappa shape index (κ1) is 13.1. The highest BCUT2D eigenvalue weighted by atomic mass is 16.5. The Morgan fingerprint density at radius 3 is 2.57 bits per heavy atom. The second-order valence-corrected chi connectivity index (χ2v) is 4.50. The minimum atomic E-state index is 0.620. The molecular formula is C15H15N5O. The summed E-state index contributed by atoms with van der Waals surface area (Å²) in [6.45, 7) is 0.620. The van der Waals surface area contributed by atoms with Crippen molar-refractivity contribution in [1.82, 2.24) is 20.0 Å². The predicted molar refractivity (Wildman–Crippen MR) is 79.1 cm³/mol. The minimum absolute atomic E-state index is 0.620. The number of aromatic nitrogens is 4. The second-order valence-electron chi connectivity index (χ2n) is 4.50. The standard InChI is InChI=1S/C15H15N5O/c1-20-12(10-18-19-20)9-16-15-8-7-14(11-17-15)21-13-5-3-2-4-6-13/h2-8,10-11H,9H2,1H3,(H,16,17). The molecule has 0 aliphatic carbocycles. The third-order valence-corrected chi connectivity index (χ3v) is 2.97. The van der Waals surface area contributed by atoms with Gasteiger partial charge in [0.05, 0.1) is 24.6 Å². The van der Waals surface area contributed by atoms with Gasteiger partial charge in [-0.2, -0.15) is 0 Å². The first-order valence-corrected chi connectivity index (χ1v) is 6.57. The van der Waals surface area contributed by atoms with Crippen LogP contribution in [0.25, 0.3) is 0 Å². The van der Waals surface area contributed by atoms with Crippen LogP contribution in [0, 0.1) is 0 Å². The lowest BCUT2D eigenvalue weighted by Gasteiger charge is -2.07. The van der Waals surface area contributed by atoms with E-state index in [-0.39, 0.29) is 0 Å². The Morgan fingerprint density at radius 2 is 1.90 bits per heavy atom. The third kappa shape index (κ3) is 3.36. The molecule has 0 atom stereocenters. The molecule has 6 nitrogen and oxygen atoms in total. The van der Waals surface area contributed by atoms with E-state index in [0.29, 0.717) is 12.3 Å². The number of ether oxygens (including phenoxy) is 1. The van der Waals surface area contributed by atoms with Crippen molar-refractivity contribution >= 4 is 5.82 Å². The molecular weight excluding hydrogens is 266 g/mol. The van der Waals surface area contributed by atoms with Gasteiger partial charge >= 0.3 is 0 Å². The molecule has 0 saturated heterocycles. The molecule has 6 heteroatoms. The van der Waals surface area contributed by atoms with Crippen LogP contribution in [0.15, 0.2) is 54.9 Å². The Hall–Kier alpha value is -2.89. The van der Waals surface area contributed by atoms with Gasteiger partial charge in [0.25, 0.3) is 0 Å². The second kappa shape index (κ2) is 6.04. The fourth-order valence-electron chi connectivity index (χ4n) is 1.82. The molecule has 0 fully saturated rings. The number of nitrogens with one attached hydrogen (secondary N) is 1. The fraction of sp³-hybridized carbons (Fsp3) is 0.133. The number of rotatable bonds is 5. The molecule has 2 heterocycles. The largest absolute Gasteiger partial charge is 0.456 e. The van der Waals surface area contributed by atoms with Gasteiger partial charge in [0.2, 0.25) is 0 Å². The van der Waals surface area contributed by atoms with Crippen molar-refractivity contribution in [2.24, 2.45) is 7.05 Å². The number of hydrogen-bond donors (Lipinski definition) is 1. The van der Waals surface area contributed by atoms with Crippen molar-refractivity contribution in [3.05, 3.63) is 60.6 Å². The normalized spacial score (nSPS) is 10.3. The molecule has 2 aromatic heterocycles. The smallest absolute Gasteiger partial charge is 0.145 e. The molecule has 0 radical (unpaired) electrons. The van der Waals surface area contributed by atoms with Crippen LogP contribution < -0.4 is 10.1 Å². The zero-order valence-electron chi connectivity index (χ0n) is 11.6. The van der Waals surface area contributed by atoms with Crippen molar-refractivity contribution < 1.29 is 4.74 Å². The van der Waals surface area contributed by atoms with E-state index in [9.17, 15) is 0 Å². The van der Waals surface area contributed by atoms with E-state index in [2.05, 4.69) is 20.6 Å². The van der Waals surface area contributed by atoms with E-state index in [0.717, 1.165) is 17.3 Å². The lowest BCUT2D eigenvalue weighted by atomic mass is 10.3. The van der Waals surface area contributed by atoms with Gasteiger partial charge < -0.3 is 10.1 Å². The Balaban J connectivity index is 1.60. The first-order chi connectivity index (χ1) is 10.3. The van der Waals surface area contributed by atoms with E-state index in [4.69, 9.17) is 4.74 Å². The van der Waals surface area contributed by atoms with E-state index < -0.39 is 0 Å². The Kier molecular flexibility index (Phi) is 3.77. The topological polar surface area (TPSA) is 64.9 Å².